The second kappa shape index (κ2) is 7.10. The summed E-state index contributed by atoms with van der Waals surface area (Å²) < 4.78 is 0. The van der Waals surface area contributed by atoms with Crippen molar-refractivity contribution in [2.45, 2.75) is 63.5 Å². The lowest BCUT2D eigenvalue weighted by molar-refractivity contribution is -0.120. The molecular weight excluding hydrogens is 226 g/mol. The van der Waals surface area contributed by atoms with Gasteiger partial charge in [-0.05, 0) is 45.2 Å². The maximum Gasteiger partial charge on any atom is 0.234 e. The highest BCUT2D eigenvalue weighted by Crippen LogP contribution is 2.20. The number of likely N-dealkylation sites (tertiary alicyclic amines) is 1. The van der Waals surface area contributed by atoms with Gasteiger partial charge in [-0.3, -0.25) is 4.79 Å². The number of hydrogen-bond donors (Lipinski definition) is 2. The van der Waals surface area contributed by atoms with Gasteiger partial charge in [-0.25, -0.2) is 0 Å². The van der Waals surface area contributed by atoms with Gasteiger partial charge in [0.15, 0.2) is 0 Å². The molecule has 3 N–H and O–H groups in total. The fourth-order valence-electron chi connectivity index (χ4n) is 2.69. The van der Waals surface area contributed by atoms with E-state index >= 15 is 0 Å². The Morgan fingerprint density at radius 1 is 1.17 bits per heavy atom. The van der Waals surface area contributed by atoms with Crippen LogP contribution in [0.4, 0.5) is 0 Å². The van der Waals surface area contributed by atoms with Crippen molar-refractivity contribution in [3.63, 3.8) is 0 Å². The van der Waals surface area contributed by atoms with Crippen LogP contribution < -0.4 is 11.1 Å². The summed E-state index contributed by atoms with van der Waals surface area (Å²) >= 11 is 0. The van der Waals surface area contributed by atoms with Gasteiger partial charge in [-0.15, -0.1) is 0 Å². The van der Waals surface area contributed by atoms with E-state index in [1.54, 1.807) is 0 Å². The number of nitrogens with one attached hydrogen (secondary N) is 1. The van der Waals surface area contributed by atoms with E-state index in [9.17, 15) is 4.79 Å². The summed E-state index contributed by atoms with van der Waals surface area (Å²) in [7, 11) is 0. The van der Waals surface area contributed by atoms with E-state index in [-0.39, 0.29) is 11.9 Å². The minimum atomic E-state index is -0.186. The maximum atomic E-state index is 11.4. The van der Waals surface area contributed by atoms with Gasteiger partial charge in [0, 0.05) is 12.6 Å². The average Bonchev–Trinajstić information content (AvgIpc) is 3.09. The SMILES string of the molecule is NC(=O)C(CCN1CCCCCCC1)NC1CC1. The second-order valence-corrected chi connectivity index (χ2v) is 5.79. The summed E-state index contributed by atoms with van der Waals surface area (Å²) in [6.07, 6.45) is 9.98. The van der Waals surface area contributed by atoms with Gasteiger partial charge in [0.2, 0.25) is 5.91 Å². The normalized spacial score (nSPS) is 24.2. The van der Waals surface area contributed by atoms with Crippen molar-refractivity contribution in [3.8, 4) is 0 Å². The maximum absolute atomic E-state index is 11.4. The largest absolute Gasteiger partial charge is 0.368 e. The van der Waals surface area contributed by atoms with E-state index in [1.807, 2.05) is 0 Å². The predicted molar refractivity (Wildman–Crippen MR) is 73.3 cm³/mol. The number of carbonyl (C=O) groups is 1. The molecule has 104 valence electrons. The standard InChI is InChI=1S/C14H27N3O/c15-14(18)13(16-12-6-7-12)8-11-17-9-4-2-1-3-5-10-17/h12-13,16H,1-11H2,(H2,15,18). The molecule has 0 spiro atoms. The number of amides is 1. The molecule has 1 heterocycles. The molecule has 2 rings (SSSR count). The van der Waals surface area contributed by atoms with Gasteiger partial charge in [-0.2, -0.15) is 0 Å². The Morgan fingerprint density at radius 3 is 2.33 bits per heavy atom. The van der Waals surface area contributed by atoms with Crippen LogP contribution >= 0.6 is 0 Å². The third-order valence-electron chi connectivity index (χ3n) is 4.04. The zero-order valence-electron chi connectivity index (χ0n) is 11.4. The highest BCUT2D eigenvalue weighted by atomic mass is 16.1. The van der Waals surface area contributed by atoms with Crippen molar-refractivity contribution < 1.29 is 4.79 Å². The van der Waals surface area contributed by atoms with Crippen molar-refractivity contribution in [3.05, 3.63) is 0 Å². The van der Waals surface area contributed by atoms with Crippen LogP contribution in [0.15, 0.2) is 0 Å². The Morgan fingerprint density at radius 2 is 1.78 bits per heavy atom. The van der Waals surface area contributed by atoms with Gasteiger partial charge in [0.1, 0.15) is 0 Å². The van der Waals surface area contributed by atoms with Crippen molar-refractivity contribution in [2.75, 3.05) is 19.6 Å². The zero-order valence-corrected chi connectivity index (χ0v) is 11.4. The first kappa shape index (κ1) is 13.8. The number of primary amides is 1. The highest BCUT2D eigenvalue weighted by Gasteiger charge is 2.27. The molecule has 0 aromatic carbocycles. The van der Waals surface area contributed by atoms with E-state index in [1.165, 1.54) is 58.0 Å². The van der Waals surface area contributed by atoms with Gasteiger partial charge >= 0.3 is 0 Å². The van der Waals surface area contributed by atoms with E-state index < -0.39 is 0 Å². The van der Waals surface area contributed by atoms with Crippen LogP contribution in [0.3, 0.4) is 0 Å². The van der Waals surface area contributed by atoms with E-state index in [4.69, 9.17) is 5.73 Å². The molecule has 1 amide bonds. The van der Waals surface area contributed by atoms with Crippen LogP contribution in [0.5, 0.6) is 0 Å². The van der Waals surface area contributed by atoms with E-state index in [2.05, 4.69) is 10.2 Å². The molecule has 0 aromatic rings. The lowest BCUT2D eigenvalue weighted by Gasteiger charge is -2.26. The minimum Gasteiger partial charge on any atom is -0.368 e. The predicted octanol–water partition coefficient (Wildman–Crippen LogP) is 1.25. The third-order valence-corrected chi connectivity index (χ3v) is 4.04. The Bertz CT molecular complexity index is 258. The van der Waals surface area contributed by atoms with Gasteiger partial charge in [-0.1, -0.05) is 19.3 Å². The van der Waals surface area contributed by atoms with Crippen LogP contribution in [0.25, 0.3) is 0 Å². The molecule has 18 heavy (non-hydrogen) atoms. The molecule has 1 saturated carbocycles. The quantitative estimate of drug-likeness (QED) is 0.749. The second-order valence-electron chi connectivity index (χ2n) is 5.79. The molecule has 4 heteroatoms. The van der Waals surface area contributed by atoms with Crippen molar-refractivity contribution in [1.82, 2.24) is 10.2 Å². The average molecular weight is 253 g/mol. The molecule has 2 aliphatic rings. The smallest absolute Gasteiger partial charge is 0.234 e. The molecule has 1 aliphatic heterocycles. The van der Waals surface area contributed by atoms with Crippen molar-refractivity contribution in [2.24, 2.45) is 5.73 Å². The van der Waals surface area contributed by atoms with Gasteiger partial charge < -0.3 is 16.0 Å². The molecule has 1 aliphatic carbocycles. The van der Waals surface area contributed by atoms with Crippen molar-refractivity contribution >= 4 is 5.91 Å². The molecule has 1 saturated heterocycles. The van der Waals surface area contributed by atoms with Crippen LogP contribution in [-0.2, 0) is 4.79 Å². The monoisotopic (exact) mass is 253 g/mol. The topological polar surface area (TPSA) is 58.4 Å². The van der Waals surface area contributed by atoms with Gasteiger partial charge in [0.25, 0.3) is 0 Å². The summed E-state index contributed by atoms with van der Waals surface area (Å²) in [5.41, 5.74) is 5.46. The summed E-state index contributed by atoms with van der Waals surface area (Å²) in [4.78, 5) is 13.9. The Balaban J connectivity index is 1.70. The first-order chi connectivity index (χ1) is 8.75. The van der Waals surface area contributed by atoms with Gasteiger partial charge in [0.05, 0.1) is 6.04 Å². The Labute approximate surface area is 110 Å². The third kappa shape index (κ3) is 4.94. The summed E-state index contributed by atoms with van der Waals surface area (Å²) in [5.74, 6) is -0.186. The van der Waals surface area contributed by atoms with Crippen molar-refractivity contribution in [1.29, 1.82) is 0 Å². The van der Waals surface area contributed by atoms with Crippen LogP contribution in [0.2, 0.25) is 0 Å². The van der Waals surface area contributed by atoms with Crippen LogP contribution in [0, 0.1) is 0 Å². The summed E-state index contributed by atoms with van der Waals surface area (Å²) in [6, 6.07) is 0.428. The van der Waals surface area contributed by atoms with E-state index in [0.29, 0.717) is 6.04 Å². The zero-order chi connectivity index (χ0) is 12.8. The molecular formula is C14H27N3O. The van der Waals surface area contributed by atoms with Crippen LogP contribution in [-0.4, -0.2) is 42.5 Å². The first-order valence-electron chi connectivity index (χ1n) is 7.53. The van der Waals surface area contributed by atoms with E-state index in [0.717, 1.165) is 13.0 Å². The lowest BCUT2D eigenvalue weighted by Crippen LogP contribution is -2.44. The fourth-order valence-corrected chi connectivity index (χ4v) is 2.69. The Kier molecular flexibility index (Phi) is 5.45. The number of rotatable bonds is 6. The molecule has 0 radical (unpaired) electrons. The van der Waals surface area contributed by atoms with Crippen LogP contribution in [0.1, 0.15) is 51.4 Å². The number of carbonyl (C=O) groups excluding carboxylic acids is 1. The Hall–Kier alpha value is -0.610. The molecule has 2 fully saturated rings. The molecule has 1 atom stereocenters. The molecule has 0 bridgehead atoms. The molecule has 1 unspecified atom stereocenters. The highest BCUT2D eigenvalue weighted by molar-refractivity contribution is 5.79. The molecule has 0 aromatic heterocycles. The molecule has 4 nitrogen and oxygen atoms in total. The summed E-state index contributed by atoms with van der Waals surface area (Å²) in [6.45, 7) is 3.39. The number of hydrogen-bond acceptors (Lipinski definition) is 3. The fraction of sp³-hybridized carbons (Fsp3) is 0.929. The number of nitrogens with two attached hydrogens (primary N) is 1. The summed E-state index contributed by atoms with van der Waals surface area (Å²) in [5, 5.41) is 3.36. The minimum absolute atomic E-state index is 0.122. The lowest BCUT2D eigenvalue weighted by atomic mass is 10.1. The first-order valence-corrected chi connectivity index (χ1v) is 7.53. The number of nitrogens with zero attached hydrogens (tertiary/aromatic N) is 1.